The van der Waals surface area contributed by atoms with E-state index in [0.717, 1.165) is 67.4 Å². The fourth-order valence-corrected chi connectivity index (χ4v) is 5.47. The van der Waals surface area contributed by atoms with E-state index in [1.807, 2.05) is 98.8 Å². The summed E-state index contributed by atoms with van der Waals surface area (Å²) >= 11 is 0. The van der Waals surface area contributed by atoms with Crippen LogP contribution in [0.4, 0.5) is 0 Å². The van der Waals surface area contributed by atoms with E-state index in [9.17, 15) is 15.0 Å². The zero-order chi connectivity index (χ0) is 25.6. The molecular weight excluding hydrogens is 446 g/mol. The Labute approximate surface area is 215 Å². The van der Waals surface area contributed by atoms with Gasteiger partial charge >= 0.3 is 0 Å². The molecule has 0 amide bonds. The van der Waals surface area contributed by atoms with Crippen molar-refractivity contribution in [3.05, 3.63) is 107 Å². The summed E-state index contributed by atoms with van der Waals surface area (Å²) in [5, 5.41) is 22.7. The molecule has 1 aliphatic heterocycles. The molecule has 1 atom stereocenters. The third kappa shape index (κ3) is 5.78. The van der Waals surface area contributed by atoms with E-state index >= 15 is 0 Å². The van der Waals surface area contributed by atoms with Gasteiger partial charge in [0.15, 0.2) is 0 Å². The molecule has 0 saturated carbocycles. The highest BCUT2D eigenvalue weighted by atomic mass is 16.3. The first-order valence-electron chi connectivity index (χ1n) is 13.1. The second-order valence-electron chi connectivity index (χ2n) is 10.7. The molecule has 1 fully saturated rings. The summed E-state index contributed by atoms with van der Waals surface area (Å²) in [6.07, 6.45) is 3.93. The molecule has 1 aliphatic rings. The van der Waals surface area contributed by atoms with Crippen LogP contribution in [0.2, 0.25) is 0 Å². The van der Waals surface area contributed by atoms with E-state index < -0.39 is 17.1 Å². The number of hydrogen-bond donors (Lipinski definition) is 2. The predicted molar refractivity (Wildman–Crippen MR) is 145 cm³/mol. The van der Waals surface area contributed by atoms with Crippen molar-refractivity contribution < 1.29 is 15.0 Å². The van der Waals surface area contributed by atoms with Gasteiger partial charge in [0.05, 0.1) is 6.10 Å². The Bertz CT molecular complexity index is 1050. The molecule has 1 heterocycles. The molecule has 4 nitrogen and oxygen atoms in total. The van der Waals surface area contributed by atoms with Crippen LogP contribution in [0.15, 0.2) is 84.9 Å². The van der Waals surface area contributed by atoms with E-state index in [2.05, 4.69) is 4.90 Å². The van der Waals surface area contributed by atoms with Crippen LogP contribution in [0, 0.1) is 5.92 Å². The molecule has 0 unspecified atom stereocenters. The minimum Gasteiger partial charge on any atom is -0.388 e. The van der Waals surface area contributed by atoms with Gasteiger partial charge in [0.1, 0.15) is 11.9 Å². The van der Waals surface area contributed by atoms with Gasteiger partial charge in [-0.3, -0.25) is 0 Å². The molecule has 3 aromatic rings. The smallest absolute Gasteiger partial charge is 0.129 e. The number of nitrogens with zero attached hydrogens (tertiary/aromatic N) is 1. The van der Waals surface area contributed by atoms with E-state index in [1.165, 1.54) is 0 Å². The van der Waals surface area contributed by atoms with Crippen molar-refractivity contribution in [1.82, 2.24) is 4.90 Å². The topological polar surface area (TPSA) is 60.8 Å². The maximum absolute atomic E-state index is 12.1. The molecule has 0 bridgehead atoms. The van der Waals surface area contributed by atoms with E-state index in [4.69, 9.17) is 0 Å². The van der Waals surface area contributed by atoms with E-state index in [0.29, 0.717) is 6.42 Å². The van der Waals surface area contributed by atoms with Crippen molar-refractivity contribution in [2.24, 2.45) is 5.92 Å². The van der Waals surface area contributed by atoms with Crippen LogP contribution in [0.5, 0.6) is 0 Å². The summed E-state index contributed by atoms with van der Waals surface area (Å²) in [5.41, 5.74) is 2.27. The average Bonchev–Trinajstić information content (AvgIpc) is 2.94. The van der Waals surface area contributed by atoms with Crippen molar-refractivity contribution in [2.75, 3.05) is 19.6 Å². The minimum atomic E-state index is -0.991. The number of rotatable bonds is 10. The fraction of sp³-hybridized carbons (Fsp3) is 0.406. The van der Waals surface area contributed by atoms with Crippen LogP contribution in [0.1, 0.15) is 67.9 Å². The van der Waals surface area contributed by atoms with Crippen LogP contribution in [-0.2, 0) is 15.8 Å². The largest absolute Gasteiger partial charge is 0.388 e. The zero-order valence-electron chi connectivity index (χ0n) is 21.5. The van der Waals surface area contributed by atoms with Crippen LogP contribution < -0.4 is 0 Å². The molecule has 2 N–H and O–H groups in total. The number of aliphatic hydroxyl groups is 2. The highest BCUT2D eigenvalue weighted by molar-refractivity contribution is 5.67. The van der Waals surface area contributed by atoms with Crippen molar-refractivity contribution in [3.63, 3.8) is 0 Å². The van der Waals surface area contributed by atoms with E-state index in [1.54, 1.807) is 0 Å². The molecule has 0 aromatic heterocycles. The molecule has 0 radical (unpaired) electrons. The van der Waals surface area contributed by atoms with Crippen LogP contribution >= 0.6 is 0 Å². The third-order valence-electron chi connectivity index (χ3n) is 7.89. The molecule has 3 aromatic carbocycles. The molecule has 4 heteroatoms. The van der Waals surface area contributed by atoms with Crippen molar-refractivity contribution >= 4 is 6.29 Å². The molecule has 0 spiro atoms. The second-order valence-corrected chi connectivity index (χ2v) is 10.7. The lowest BCUT2D eigenvalue weighted by atomic mass is 9.72. The lowest BCUT2D eigenvalue weighted by molar-refractivity contribution is -0.111. The standard InChI is InChI=1S/C32H39NO3/c1-31(2,24-34)26-17-15-25(16-18-26)30(35)14-9-21-33-22-19-29(20-23-33)32(36,27-10-5-3-6-11-27)28-12-7-4-8-13-28/h3-8,10-13,15-18,24,29-30,35-36H,9,14,19-23H2,1-2H3/t30-/m0/s1. The normalized spacial score (nSPS) is 16.6. The molecule has 190 valence electrons. The Morgan fingerprint density at radius 2 is 1.39 bits per heavy atom. The van der Waals surface area contributed by atoms with E-state index in [-0.39, 0.29) is 5.92 Å². The molecule has 36 heavy (non-hydrogen) atoms. The quantitative estimate of drug-likeness (QED) is 0.366. The van der Waals surface area contributed by atoms with Crippen molar-refractivity contribution in [2.45, 2.75) is 56.7 Å². The van der Waals surface area contributed by atoms with Crippen LogP contribution in [0.25, 0.3) is 0 Å². The van der Waals surface area contributed by atoms with Gasteiger partial charge in [0, 0.05) is 5.41 Å². The average molecular weight is 486 g/mol. The monoisotopic (exact) mass is 485 g/mol. The second kappa shape index (κ2) is 11.5. The fourth-order valence-electron chi connectivity index (χ4n) is 5.47. The molecule has 4 rings (SSSR count). The molecule has 1 saturated heterocycles. The number of hydrogen-bond acceptors (Lipinski definition) is 4. The highest BCUT2D eigenvalue weighted by Crippen LogP contribution is 2.42. The molecular formula is C32H39NO3. The number of aldehydes is 1. The lowest BCUT2D eigenvalue weighted by Crippen LogP contribution is -2.44. The summed E-state index contributed by atoms with van der Waals surface area (Å²) in [6.45, 7) is 6.62. The summed E-state index contributed by atoms with van der Waals surface area (Å²) < 4.78 is 0. The Kier molecular flexibility index (Phi) is 8.40. The highest BCUT2D eigenvalue weighted by Gasteiger charge is 2.41. The van der Waals surface area contributed by atoms with Gasteiger partial charge in [-0.05, 0) is 87.3 Å². The van der Waals surface area contributed by atoms with Crippen LogP contribution in [0.3, 0.4) is 0 Å². The van der Waals surface area contributed by atoms with Gasteiger partial charge in [0.2, 0.25) is 0 Å². The maximum atomic E-state index is 12.1. The number of carbonyl (C=O) groups excluding carboxylic acids is 1. The van der Waals surface area contributed by atoms with Gasteiger partial charge in [-0.2, -0.15) is 0 Å². The number of carbonyl (C=O) groups is 1. The molecule has 0 aliphatic carbocycles. The third-order valence-corrected chi connectivity index (χ3v) is 7.89. The zero-order valence-corrected chi connectivity index (χ0v) is 21.5. The summed E-state index contributed by atoms with van der Waals surface area (Å²) in [4.78, 5) is 13.7. The number of likely N-dealkylation sites (tertiary alicyclic amines) is 1. The number of aliphatic hydroxyl groups excluding tert-OH is 1. The number of piperidine rings is 1. The Balaban J connectivity index is 1.31. The Morgan fingerprint density at radius 1 is 0.861 bits per heavy atom. The summed E-state index contributed by atoms with van der Waals surface area (Å²) in [7, 11) is 0. The maximum Gasteiger partial charge on any atom is 0.129 e. The van der Waals surface area contributed by atoms with Crippen molar-refractivity contribution in [3.8, 4) is 0 Å². The van der Waals surface area contributed by atoms with Gasteiger partial charge < -0.3 is 19.9 Å². The first-order chi connectivity index (χ1) is 17.3. The Hall–Kier alpha value is -2.79. The first-order valence-corrected chi connectivity index (χ1v) is 13.1. The van der Waals surface area contributed by atoms with Crippen molar-refractivity contribution in [1.29, 1.82) is 0 Å². The summed E-state index contributed by atoms with van der Waals surface area (Å²) in [5.74, 6) is 0.151. The van der Waals surface area contributed by atoms with Gasteiger partial charge in [-0.25, -0.2) is 0 Å². The summed E-state index contributed by atoms with van der Waals surface area (Å²) in [6, 6.07) is 27.9. The number of benzene rings is 3. The SMILES string of the molecule is CC(C)(C=O)c1ccc([C@@H](O)CCCN2CCC(C(O)(c3ccccc3)c3ccccc3)CC2)cc1. The van der Waals surface area contributed by atoms with Gasteiger partial charge in [-0.15, -0.1) is 0 Å². The van der Waals surface area contributed by atoms with Gasteiger partial charge in [-0.1, -0.05) is 84.9 Å². The predicted octanol–water partition coefficient (Wildman–Crippen LogP) is 5.62. The Morgan fingerprint density at radius 3 is 1.89 bits per heavy atom. The minimum absolute atomic E-state index is 0.151. The lowest BCUT2D eigenvalue weighted by Gasteiger charge is -2.42. The van der Waals surface area contributed by atoms with Crippen LogP contribution in [-0.4, -0.2) is 41.0 Å². The van der Waals surface area contributed by atoms with Gasteiger partial charge in [0.25, 0.3) is 0 Å². The first kappa shape index (κ1) is 26.3.